The lowest BCUT2D eigenvalue weighted by molar-refractivity contribution is 0.304. The first-order valence-corrected chi connectivity index (χ1v) is 6.39. The number of nitrogens with zero attached hydrogens (tertiary/aromatic N) is 1. The Labute approximate surface area is 113 Å². The first-order chi connectivity index (χ1) is 8.95. The van der Waals surface area contributed by atoms with Crippen molar-refractivity contribution in [3.63, 3.8) is 0 Å². The molecule has 0 radical (unpaired) electrons. The highest BCUT2D eigenvalue weighted by molar-refractivity contribution is 5.85. The lowest BCUT2D eigenvalue weighted by Gasteiger charge is -2.22. The van der Waals surface area contributed by atoms with Crippen LogP contribution >= 0.6 is 0 Å². The van der Waals surface area contributed by atoms with Gasteiger partial charge in [-0.3, -0.25) is 0 Å². The lowest BCUT2D eigenvalue weighted by atomic mass is 9.86. The molecule has 4 N–H and O–H groups in total. The zero-order valence-electron chi connectivity index (χ0n) is 11.5. The van der Waals surface area contributed by atoms with E-state index in [0.29, 0.717) is 6.54 Å². The highest BCUT2D eigenvalue weighted by Gasteiger charge is 2.22. The van der Waals surface area contributed by atoms with E-state index in [4.69, 9.17) is 10.9 Å². The number of nitrogens with two attached hydrogens (primary N) is 1. The number of hydrogen-bond donors (Lipinski definition) is 3. The minimum absolute atomic E-state index is 0.215. The van der Waals surface area contributed by atoms with Crippen molar-refractivity contribution in [3.05, 3.63) is 35.6 Å². The Balaban J connectivity index is 2.25. The second-order valence-corrected chi connectivity index (χ2v) is 5.28. The summed E-state index contributed by atoms with van der Waals surface area (Å²) in [6.07, 6.45) is 1.72. The largest absolute Gasteiger partial charge is 0.409 e. The molecule has 0 unspecified atom stereocenters. The Morgan fingerprint density at radius 3 is 2.84 bits per heavy atom. The third-order valence-electron chi connectivity index (χ3n) is 3.17. The van der Waals surface area contributed by atoms with E-state index in [0.717, 1.165) is 24.9 Å². The molecule has 0 saturated carbocycles. The van der Waals surface area contributed by atoms with E-state index in [2.05, 4.69) is 10.5 Å². The van der Waals surface area contributed by atoms with E-state index in [-0.39, 0.29) is 17.1 Å². The van der Waals surface area contributed by atoms with Crippen molar-refractivity contribution in [2.24, 2.45) is 16.3 Å². The maximum Gasteiger partial charge on any atom is 0.144 e. The van der Waals surface area contributed by atoms with Crippen molar-refractivity contribution < 1.29 is 9.60 Å². The van der Waals surface area contributed by atoms with E-state index in [1.165, 1.54) is 12.1 Å². The molecule has 1 aromatic carbocycles. The standard InChI is InChI=1S/C14H22FN3O/c1-14(2,13(16)18-19)7-4-8-17-10-11-5-3-6-12(15)9-11/h3,5-6,9,17,19H,4,7-8,10H2,1-2H3,(H2,16,18). The van der Waals surface area contributed by atoms with Gasteiger partial charge in [-0.1, -0.05) is 31.1 Å². The van der Waals surface area contributed by atoms with Gasteiger partial charge in [-0.05, 0) is 37.1 Å². The second kappa shape index (κ2) is 7.09. The molecule has 0 aliphatic carbocycles. The molecule has 106 valence electrons. The molecule has 5 heteroatoms. The summed E-state index contributed by atoms with van der Waals surface area (Å²) in [4.78, 5) is 0. The molecule has 1 rings (SSSR count). The van der Waals surface area contributed by atoms with Crippen molar-refractivity contribution in [1.82, 2.24) is 5.32 Å². The number of rotatable bonds is 7. The fourth-order valence-corrected chi connectivity index (χ4v) is 1.80. The van der Waals surface area contributed by atoms with Crippen LogP contribution in [-0.2, 0) is 6.54 Å². The van der Waals surface area contributed by atoms with Crippen LogP contribution in [0.5, 0.6) is 0 Å². The summed E-state index contributed by atoms with van der Waals surface area (Å²) in [6.45, 7) is 5.32. The Kier molecular flexibility index (Phi) is 5.76. The molecule has 0 aliphatic heterocycles. The van der Waals surface area contributed by atoms with Gasteiger partial charge in [0.2, 0.25) is 0 Å². The molecule has 0 bridgehead atoms. The van der Waals surface area contributed by atoms with Crippen LogP contribution in [0.1, 0.15) is 32.3 Å². The van der Waals surface area contributed by atoms with Crippen molar-refractivity contribution >= 4 is 5.84 Å². The van der Waals surface area contributed by atoms with Gasteiger partial charge in [-0.2, -0.15) is 0 Å². The quantitative estimate of drug-likeness (QED) is 0.234. The van der Waals surface area contributed by atoms with E-state index in [9.17, 15) is 4.39 Å². The molecule has 0 saturated heterocycles. The van der Waals surface area contributed by atoms with Crippen LogP contribution in [0, 0.1) is 11.2 Å². The van der Waals surface area contributed by atoms with Crippen LogP contribution in [-0.4, -0.2) is 17.6 Å². The lowest BCUT2D eigenvalue weighted by Crippen LogP contribution is -2.32. The molecule has 0 aliphatic rings. The van der Waals surface area contributed by atoms with Crippen LogP contribution in [0.3, 0.4) is 0 Å². The van der Waals surface area contributed by atoms with Crippen molar-refractivity contribution in [1.29, 1.82) is 0 Å². The van der Waals surface area contributed by atoms with Crippen molar-refractivity contribution in [2.75, 3.05) is 6.54 Å². The predicted molar refractivity (Wildman–Crippen MR) is 74.5 cm³/mol. The van der Waals surface area contributed by atoms with Gasteiger partial charge in [0.15, 0.2) is 0 Å². The minimum Gasteiger partial charge on any atom is -0.409 e. The van der Waals surface area contributed by atoms with Gasteiger partial charge in [-0.25, -0.2) is 4.39 Å². The Bertz CT molecular complexity index is 432. The zero-order valence-corrected chi connectivity index (χ0v) is 11.5. The van der Waals surface area contributed by atoms with Crippen LogP contribution in [0.15, 0.2) is 29.4 Å². The Morgan fingerprint density at radius 2 is 2.21 bits per heavy atom. The molecular formula is C14H22FN3O. The van der Waals surface area contributed by atoms with Gasteiger partial charge in [0, 0.05) is 12.0 Å². The van der Waals surface area contributed by atoms with Crippen LogP contribution in [0.2, 0.25) is 0 Å². The first-order valence-electron chi connectivity index (χ1n) is 6.39. The number of halogens is 1. The minimum atomic E-state index is -0.310. The summed E-state index contributed by atoms with van der Waals surface area (Å²) in [7, 11) is 0. The first kappa shape index (κ1) is 15.4. The Morgan fingerprint density at radius 1 is 1.47 bits per heavy atom. The molecule has 0 amide bonds. The van der Waals surface area contributed by atoms with Gasteiger partial charge in [0.25, 0.3) is 0 Å². The van der Waals surface area contributed by atoms with Gasteiger partial charge in [0.1, 0.15) is 11.7 Å². The molecule has 19 heavy (non-hydrogen) atoms. The van der Waals surface area contributed by atoms with Gasteiger partial charge < -0.3 is 16.3 Å². The van der Waals surface area contributed by atoms with Crippen molar-refractivity contribution in [3.8, 4) is 0 Å². The van der Waals surface area contributed by atoms with E-state index >= 15 is 0 Å². The van der Waals surface area contributed by atoms with E-state index < -0.39 is 0 Å². The molecule has 4 nitrogen and oxygen atoms in total. The summed E-state index contributed by atoms with van der Waals surface area (Å²) in [6, 6.07) is 6.54. The molecule has 0 aromatic heterocycles. The smallest absolute Gasteiger partial charge is 0.144 e. The number of benzene rings is 1. The number of hydrogen-bond acceptors (Lipinski definition) is 3. The fraction of sp³-hybridized carbons (Fsp3) is 0.500. The highest BCUT2D eigenvalue weighted by atomic mass is 19.1. The molecule has 0 spiro atoms. The van der Waals surface area contributed by atoms with E-state index in [1.807, 2.05) is 19.9 Å². The SMILES string of the molecule is CC(C)(CCCNCc1cccc(F)c1)C(N)=NO. The maximum absolute atomic E-state index is 12.9. The summed E-state index contributed by atoms with van der Waals surface area (Å²) in [5, 5.41) is 15.0. The van der Waals surface area contributed by atoms with Gasteiger partial charge in [0.05, 0.1) is 0 Å². The molecule has 1 aromatic rings. The predicted octanol–water partition coefficient (Wildman–Crippen LogP) is 2.47. The highest BCUT2D eigenvalue weighted by Crippen LogP contribution is 2.21. The third-order valence-corrected chi connectivity index (χ3v) is 3.17. The average molecular weight is 267 g/mol. The molecular weight excluding hydrogens is 245 g/mol. The van der Waals surface area contributed by atoms with Crippen LogP contribution in [0.4, 0.5) is 4.39 Å². The van der Waals surface area contributed by atoms with Gasteiger partial charge >= 0.3 is 0 Å². The fourth-order valence-electron chi connectivity index (χ4n) is 1.80. The van der Waals surface area contributed by atoms with Crippen molar-refractivity contribution in [2.45, 2.75) is 33.2 Å². The average Bonchev–Trinajstić information content (AvgIpc) is 2.37. The summed E-state index contributed by atoms with van der Waals surface area (Å²) < 4.78 is 12.9. The van der Waals surface area contributed by atoms with Crippen LogP contribution < -0.4 is 11.1 Å². The maximum atomic E-state index is 12.9. The summed E-state index contributed by atoms with van der Waals surface area (Å²) in [5.41, 5.74) is 6.23. The normalized spacial score (nSPS) is 12.7. The molecule has 0 fully saturated rings. The third kappa shape index (κ3) is 5.26. The summed E-state index contributed by atoms with van der Waals surface area (Å²) >= 11 is 0. The molecule has 0 atom stereocenters. The summed E-state index contributed by atoms with van der Waals surface area (Å²) in [5.74, 6) is 0.0324. The topological polar surface area (TPSA) is 70.6 Å². The zero-order chi connectivity index (χ0) is 14.3. The van der Waals surface area contributed by atoms with Gasteiger partial charge in [-0.15, -0.1) is 0 Å². The molecule has 0 heterocycles. The van der Waals surface area contributed by atoms with Crippen LogP contribution in [0.25, 0.3) is 0 Å². The van der Waals surface area contributed by atoms with E-state index in [1.54, 1.807) is 6.07 Å². The second-order valence-electron chi connectivity index (χ2n) is 5.28. The number of nitrogens with one attached hydrogen (secondary N) is 1. The number of oxime groups is 1. The monoisotopic (exact) mass is 267 g/mol. The number of amidine groups is 1. The Hall–Kier alpha value is -1.62.